The maximum Gasteiger partial charge on any atom is 0.270 e. The van der Waals surface area contributed by atoms with Gasteiger partial charge in [0.1, 0.15) is 16.1 Å². The lowest BCUT2D eigenvalue weighted by atomic mass is 9.90. The lowest BCUT2D eigenvalue weighted by Gasteiger charge is -2.22. The summed E-state index contributed by atoms with van der Waals surface area (Å²) < 4.78 is 16.0. The minimum atomic E-state index is -1.34. The molecule has 0 radical (unpaired) electrons. The third-order valence-electron chi connectivity index (χ3n) is 3.19. The highest BCUT2D eigenvalue weighted by atomic mass is 32.2. The van der Waals surface area contributed by atoms with Gasteiger partial charge in [-0.25, -0.2) is 0 Å². The monoisotopic (exact) mass is 294 g/mol. The second-order valence-corrected chi connectivity index (χ2v) is 7.76. The molecule has 1 aliphatic rings. The minimum Gasteiger partial charge on any atom is -0.591 e. The highest BCUT2D eigenvalue weighted by Gasteiger charge is 2.29. The lowest BCUT2D eigenvalue weighted by molar-refractivity contribution is -0.384. The van der Waals surface area contributed by atoms with E-state index in [2.05, 4.69) is 4.40 Å². The number of nitro groups is 1. The number of rotatable bonds is 2. The van der Waals surface area contributed by atoms with Crippen LogP contribution in [0.1, 0.15) is 44.7 Å². The molecule has 0 N–H and O–H groups in total. The molecule has 2 rings (SSSR count). The highest BCUT2D eigenvalue weighted by Crippen LogP contribution is 2.28. The van der Waals surface area contributed by atoms with Crippen LogP contribution < -0.4 is 0 Å². The smallest absolute Gasteiger partial charge is 0.270 e. The lowest BCUT2D eigenvalue weighted by Crippen LogP contribution is -2.27. The van der Waals surface area contributed by atoms with E-state index in [0.29, 0.717) is 0 Å². The molecule has 0 amide bonds. The second-order valence-electron chi connectivity index (χ2n) is 5.85. The highest BCUT2D eigenvalue weighted by molar-refractivity contribution is 7.91. The van der Waals surface area contributed by atoms with Crippen molar-refractivity contribution in [2.24, 2.45) is 4.40 Å². The summed E-state index contributed by atoms with van der Waals surface area (Å²) in [6.45, 7) is 5.60. The molecule has 6 heteroatoms. The van der Waals surface area contributed by atoms with Gasteiger partial charge in [0, 0.05) is 17.7 Å². The van der Waals surface area contributed by atoms with Crippen molar-refractivity contribution >= 4 is 22.8 Å². The van der Waals surface area contributed by atoms with Crippen molar-refractivity contribution in [3.63, 3.8) is 0 Å². The zero-order valence-corrected chi connectivity index (χ0v) is 12.7. The van der Waals surface area contributed by atoms with E-state index in [1.165, 1.54) is 6.07 Å². The molecule has 1 unspecified atom stereocenters. The Hall–Kier alpha value is -1.40. The van der Waals surface area contributed by atoms with Crippen LogP contribution in [-0.2, 0) is 17.8 Å². The molecule has 108 valence electrons. The number of hydrogen-bond donors (Lipinski definition) is 0. The van der Waals surface area contributed by atoms with Crippen molar-refractivity contribution in [1.82, 2.24) is 0 Å². The van der Waals surface area contributed by atoms with E-state index >= 15 is 0 Å². The molecule has 0 aliphatic heterocycles. The van der Waals surface area contributed by atoms with E-state index in [-0.39, 0.29) is 5.69 Å². The van der Waals surface area contributed by atoms with Gasteiger partial charge in [0.05, 0.1) is 10.6 Å². The van der Waals surface area contributed by atoms with E-state index in [1.54, 1.807) is 12.1 Å². The average Bonchev–Trinajstić information content (AvgIpc) is 2.37. The molecule has 1 atom stereocenters. The van der Waals surface area contributed by atoms with Crippen LogP contribution in [0.3, 0.4) is 0 Å². The summed E-state index contributed by atoms with van der Waals surface area (Å²) in [6, 6.07) is 4.85. The Kier molecular flexibility index (Phi) is 4.15. The summed E-state index contributed by atoms with van der Waals surface area (Å²) in [4.78, 5) is 10.5. The van der Waals surface area contributed by atoms with Gasteiger partial charge in [-0.1, -0.05) is 10.5 Å². The Morgan fingerprint density at radius 2 is 2.00 bits per heavy atom. The maximum atomic E-state index is 12.2. The van der Waals surface area contributed by atoms with Crippen LogP contribution in [0.15, 0.2) is 22.6 Å². The summed E-state index contributed by atoms with van der Waals surface area (Å²) in [6.07, 6.45) is 2.54. The molecule has 5 nitrogen and oxygen atoms in total. The van der Waals surface area contributed by atoms with E-state index in [1.807, 2.05) is 20.8 Å². The van der Waals surface area contributed by atoms with Crippen molar-refractivity contribution in [1.29, 1.82) is 0 Å². The number of nitro benzene ring substituents is 1. The first kappa shape index (κ1) is 15.0. The topological polar surface area (TPSA) is 78.6 Å². The van der Waals surface area contributed by atoms with Crippen molar-refractivity contribution in [2.45, 2.75) is 44.8 Å². The minimum absolute atomic E-state index is 0.0555. The fourth-order valence-corrected chi connectivity index (χ4v) is 2.74. The first-order valence-corrected chi connectivity index (χ1v) is 7.67. The second kappa shape index (κ2) is 5.54. The van der Waals surface area contributed by atoms with E-state index in [0.717, 1.165) is 36.1 Å². The first-order chi connectivity index (χ1) is 9.29. The Bertz CT molecular complexity index is 564. The SMILES string of the molecule is CC(C)(C)[S+]([O-])/N=C1\CCCc2ccc([N+](=O)[O-])cc21. The molecule has 0 saturated carbocycles. The van der Waals surface area contributed by atoms with Gasteiger partial charge < -0.3 is 4.55 Å². The molecule has 1 aliphatic carbocycles. The van der Waals surface area contributed by atoms with Gasteiger partial charge in [-0.3, -0.25) is 10.1 Å². The predicted molar refractivity (Wildman–Crippen MR) is 80.5 cm³/mol. The predicted octanol–water partition coefficient (Wildman–Crippen LogP) is 3.18. The Morgan fingerprint density at radius 3 is 2.60 bits per heavy atom. The standard InChI is InChI=1S/C14H18N2O3S/c1-14(2,3)20(19)15-13-6-4-5-10-7-8-11(16(17)18)9-12(10)13/h7-9H,4-6H2,1-3H3/b15-13+. The summed E-state index contributed by atoms with van der Waals surface area (Å²) >= 11 is -1.34. The number of non-ortho nitro benzene ring substituents is 1. The summed E-state index contributed by atoms with van der Waals surface area (Å²) in [7, 11) is 0. The fourth-order valence-electron chi connectivity index (χ4n) is 2.08. The van der Waals surface area contributed by atoms with Crippen molar-refractivity contribution < 1.29 is 9.48 Å². The Labute approximate surface area is 121 Å². The van der Waals surface area contributed by atoms with E-state index in [9.17, 15) is 14.7 Å². The molecule has 0 spiro atoms. The van der Waals surface area contributed by atoms with E-state index in [4.69, 9.17) is 0 Å². The van der Waals surface area contributed by atoms with Crippen molar-refractivity contribution in [3.8, 4) is 0 Å². The molecular formula is C14H18N2O3S. The Balaban J connectivity index is 2.43. The fraction of sp³-hybridized carbons (Fsp3) is 0.500. The van der Waals surface area contributed by atoms with Gasteiger partial charge in [0.15, 0.2) is 0 Å². The molecule has 1 aromatic carbocycles. The normalized spacial score (nSPS) is 18.7. The number of hydrogen-bond acceptors (Lipinski definition) is 4. The van der Waals surface area contributed by atoms with Crippen LogP contribution in [0, 0.1) is 10.1 Å². The molecule has 0 bridgehead atoms. The Morgan fingerprint density at radius 1 is 1.30 bits per heavy atom. The van der Waals surface area contributed by atoms with Crippen LogP contribution >= 0.6 is 0 Å². The number of benzene rings is 1. The first-order valence-electron chi connectivity index (χ1n) is 6.56. The number of aryl methyl sites for hydroxylation is 1. The molecule has 1 aromatic rings. The van der Waals surface area contributed by atoms with Gasteiger partial charge in [-0.05, 0) is 45.6 Å². The number of fused-ring (bicyclic) bond motifs is 1. The van der Waals surface area contributed by atoms with E-state index < -0.39 is 21.0 Å². The van der Waals surface area contributed by atoms with Crippen LogP contribution in [-0.4, -0.2) is 19.9 Å². The molecule has 0 aromatic heterocycles. The van der Waals surface area contributed by atoms with Crippen molar-refractivity contribution in [2.75, 3.05) is 0 Å². The maximum absolute atomic E-state index is 12.2. The van der Waals surface area contributed by atoms with Gasteiger partial charge in [-0.2, -0.15) is 0 Å². The molecule has 0 heterocycles. The molecule has 20 heavy (non-hydrogen) atoms. The summed E-state index contributed by atoms with van der Waals surface area (Å²) in [5.74, 6) is 0. The largest absolute Gasteiger partial charge is 0.591 e. The van der Waals surface area contributed by atoms with Crippen molar-refractivity contribution in [3.05, 3.63) is 39.4 Å². The summed E-state index contributed by atoms with van der Waals surface area (Å²) in [5, 5.41) is 10.9. The van der Waals surface area contributed by atoms with Crippen LogP contribution in [0.2, 0.25) is 0 Å². The van der Waals surface area contributed by atoms with Gasteiger partial charge in [0.25, 0.3) is 5.69 Å². The molecule has 0 saturated heterocycles. The van der Waals surface area contributed by atoms with Crippen LogP contribution in [0.25, 0.3) is 0 Å². The van der Waals surface area contributed by atoms with Gasteiger partial charge in [0.2, 0.25) is 0 Å². The third kappa shape index (κ3) is 3.19. The molecular weight excluding hydrogens is 276 g/mol. The average molecular weight is 294 g/mol. The summed E-state index contributed by atoms with van der Waals surface area (Å²) in [5.41, 5.74) is 2.61. The van der Waals surface area contributed by atoms with Crippen LogP contribution in [0.4, 0.5) is 5.69 Å². The number of nitrogens with zero attached hydrogens (tertiary/aromatic N) is 2. The third-order valence-corrected chi connectivity index (χ3v) is 4.63. The quantitative estimate of drug-likeness (QED) is 0.477. The van der Waals surface area contributed by atoms with Crippen LogP contribution in [0.5, 0.6) is 0 Å². The van der Waals surface area contributed by atoms with Gasteiger partial charge in [-0.15, -0.1) is 0 Å². The van der Waals surface area contributed by atoms with Gasteiger partial charge >= 0.3 is 0 Å². The zero-order chi connectivity index (χ0) is 14.9. The zero-order valence-electron chi connectivity index (χ0n) is 11.9. The molecule has 0 fully saturated rings.